The van der Waals surface area contributed by atoms with Crippen molar-refractivity contribution in [2.24, 2.45) is 0 Å². The number of fused-ring (bicyclic) bond motifs is 7. The Morgan fingerprint density at radius 2 is 0.875 bits per heavy atom. The van der Waals surface area contributed by atoms with E-state index in [1.165, 1.54) is 5.56 Å². The van der Waals surface area contributed by atoms with Crippen LogP contribution in [0, 0.1) is 0 Å². The third-order valence-corrected chi connectivity index (χ3v) is 14.8. The monoisotopic (exact) mass is 920 g/mol. The number of aromatic nitrogens is 1. The van der Waals surface area contributed by atoms with Gasteiger partial charge in [0.15, 0.2) is 17.3 Å². The van der Waals surface area contributed by atoms with Crippen LogP contribution < -0.4 is 9.64 Å². The molecule has 0 saturated heterocycles. The molecule has 0 bridgehead atoms. The third kappa shape index (κ3) is 6.43. The van der Waals surface area contributed by atoms with Crippen LogP contribution in [0.1, 0.15) is 38.2 Å². The standard InChI is InChI=1S/C68H44N2O2/c71-67-56-28-10-11-29-59(56)68(51-23-6-2-7-24-51,52-25-8-3-9-26-52)60-43-50(34-37-57(60)67)47-21-16-20-46(40-47)49-35-39-61-58(42-49)55-38-36-54(70-62-30-12-14-32-65(62)72-66-33-15-13-31-63(66)70)44-64(55)69(61)53-27-17-22-48(41-53)45-18-4-1-5-19-45/h1-44H. The van der Waals surface area contributed by atoms with Crippen LogP contribution in [0.4, 0.5) is 17.1 Å². The summed E-state index contributed by atoms with van der Waals surface area (Å²) in [5.41, 5.74) is 18.0. The van der Waals surface area contributed by atoms with Gasteiger partial charge in [-0.1, -0.05) is 194 Å². The van der Waals surface area contributed by atoms with Gasteiger partial charge in [0, 0.05) is 33.3 Å². The Bertz CT molecular complexity index is 4010. The number of carbonyl (C=O) groups excluding carboxylic acids is 1. The molecule has 2 heterocycles. The predicted molar refractivity (Wildman–Crippen MR) is 294 cm³/mol. The SMILES string of the molecule is O=C1c2ccccc2C(c2ccccc2)(c2ccccc2)c2cc(-c3cccc(-c4ccc5c(c4)c4ccc(N6c7ccccc7Oc7ccccc76)cc4n5-c4cccc(-c5ccccc5)c4)c3)ccc21. The predicted octanol–water partition coefficient (Wildman–Crippen LogP) is 17.3. The number of nitrogens with zero attached hydrogens (tertiary/aromatic N) is 2. The van der Waals surface area contributed by atoms with Gasteiger partial charge in [-0.3, -0.25) is 4.79 Å². The van der Waals surface area contributed by atoms with E-state index in [0.29, 0.717) is 0 Å². The van der Waals surface area contributed by atoms with Crippen molar-refractivity contribution in [1.29, 1.82) is 0 Å². The summed E-state index contributed by atoms with van der Waals surface area (Å²) in [6, 6.07) is 94.4. The van der Waals surface area contributed by atoms with Crippen LogP contribution in [0.2, 0.25) is 0 Å². The van der Waals surface area contributed by atoms with Crippen molar-refractivity contribution in [3.05, 3.63) is 300 Å². The highest BCUT2D eigenvalue weighted by Gasteiger charge is 2.46. The first-order valence-corrected chi connectivity index (χ1v) is 24.5. The van der Waals surface area contributed by atoms with Gasteiger partial charge >= 0.3 is 0 Å². The molecule has 4 nitrogen and oxygen atoms in total. The fourth-order valence-corrected chi connectivity index (χ4v) is 11.6. The molecule has 0 spiro atoms. The zero-order valence-corrected chi connectivity index (χ0v) is 39.1. The normalized spacial score (nSPS) is 13.2. The van der Waals surface area contributed by atoms with Crippen molar-refractivity contribution in [1.82, 2.24) is 4.57 Å². The van der Waals surface area contributed by atoms with Crippen molar-refractivity contribution in [2.75, 3.05) is 4.90 Å². The molecule has 338 valence electrons. The maximum Gasteiger partial charge on any atom is 0.193 e. The van der Waals surface area contributed by atoms with Gasteiger partial charge in [-0.05, 0) is 128 Å². The van der Waals surface area contributed by atoms with E-state index in [0.717, 1.165) is 117 Å². The molecule has 0 fully saturated rings. The molecule has 1 aliphatic heterocycles. The van der Waals surface area contributed by atoms with Crippen molar-refractivity contribution in [3.63, 3.8) is 0 Å². The van der Waals surface area contributed by atoms with Gasteiger partial charge in [-0.2, -0.15) is 0 Å². The third-order valence-electron chi connectivity index (χ3n) is 14.8. The van der Waals surface area contributed by atoms with Gasteiger partial charge in [0.25, 0.3) is 0 Å². The number of benzene rings is 11. The highest BCUT2D eigenvalue weighted by molar-refractivity contribution is 6.15. The summed E-state index contributed by atoms with van der Waals surface area (Å²) in [6.07, 6.45) is 0. The lowest BCUT2D eigenvalue weighted by Crippen LogP contribution is -2.38. The topological polar surface area (TPSA) is 34.5 Å². The molecular weight excluding hydrogens is 877 g/mol. The Labute approximate surface area is 417 Å². The molecule has 1 aliphatic carbocycles. The molecule has 0 atom stereocenters. The number of rotatable bonds is 7. The zero-order valence-electron chi connectivity index (χ0n) is 39.1. The van der Waals surface area contributed by atoms with Crippen LogP contribution in [0.25, 0.3) is 60.9 Å². The first kappa shape index (κ1) is 41.5. The molecule has 0 N–H and O–H groups in total. The lowest BCUT2D eigenvalue weighted by Gasteiger charge is -2.42. The van der Waals surface area contributed by atoms with E-state index >= 15 is 0 Å². The molecule has 14 rings (SSSR count). The summed E-state index contributed by atoms with van der Waals surface area (Å²) in [6.45, 7) is 0. The van der Waals surface area contributed by atoms with Crippen LogP contribution in [0.15, 0.2) is 267 Å². The van der Waals surface area contributed by atoms with Crippen LogP contribution in [-0.2, 0) is 5.41 Å². The van der Waals surface area contributed by atoms with Gasteiger partial charge in [0.2, 0.25) is 0 Å². The number of ether oxygens (including phenoxy) is 1. The largest absolute Gasteiger partial charge is 0.453 e. The average Bonchev–Trinajstić information content (AvgIpc) is 3.78. The Kier molecular flexibility index (Phi) is 9.55. The number of hydrogen-bond donors (Lipinski definition) is 0. The van der Waals surface area contributed by atoms with E-state index in [2.05, 4.69) is 234 Å². The summed E-state index contributed by atoms with van der Waals surface area (Å²) in [5.74, 6) is 1.69. The molecule has 0 radical (unpaired) electrons. The summed E-state index contributed by atoms with van der Waals surface area (Å²) < 4.78 is 8.85. The molecule has 0 unspecified atom stereocenters. The first-order chi connectivity index (χ1) is 35.6. The second-order valence-corrected chi connectivity index (χ2v) is 18.8. The van der Waals surface area contributed by atoms with Crippen molar-refractivity contribution in [2.45, 2.75) is 5.41 Å². The fraction of sp³-hybridized carbons (Fsp3) is 0.0147. The number of ketones is 1. The summed E-state index contributed by atoms with van der Waals surface area (Å²) in [4.78, 5) is 16.8. The first-order valence-electron chi connectivity index (χ1n) is 24.5. The molecule has 0 amide bonds. The van der Waals surface area contributed by atoms with Crippen LogP contribution in [0.5, 0.6) is 11.5 Å². The minimum atomic E-state index is -0.718. The van der Waals surface area contributed by atoms with E-state index in [-0.39, 0.29) is 5.78 Å². The van der Waals surface area contributed by atoms with E-state index in [4.69, 9.17) is 4.74 Å². The van der Waals surface area contributed by atoms with E-state index in [9.17, 15) is 4.79 Å². The van der Waals surface area contributed by atoms with E-state index in [1.807, 2.05) is 42.5 Å². The number of para-hydroxylation sites is 4. The fourth-order valence-electron chi connectivity index (χ4n) is 11.6. The molecule has 1 aromatic heterocycles. The van der Waals surface area contributed by atoms with Gasteiger partial charge in [0.05, 0.1) is 27.8 Å². The second kappa shape index (κ2) is 16.6. The van der Waals surface area contributed by atoms with Gasteiger partial charge in [-0.25, -0.2) is 0 Å². The molecular formula is C68H44N2O2. The molecule has 2 aliphatic rings. The van der Waals surface area contributed by atoms with E-state index in [1.54, 1.807) is 0 Å². The smallest absolute Gasteiger partial charge is 0.193 e. The minimum absolute atomic E-state index is 0.0503. The molecule has 4 heteroatoms. The average molecular weight is 921 g/mol. The number of hydrogen-bond acceptors (Lipinski definition) is 3. The Morgan fingerprint density at radius 1 is 0.333 bits per heavy atom. The Balaban J connectivity index is 0.933. The van der Waals surface area contributed by atoms with E-state index < -0.39 is 5.41 Å². The van der Waals surface area contributed by atoms with Crippen LogP contribution in [-0.4, -0.2) is 10.4 Å². The van der Waals surface area contributed by atoms with Crippen molar-refractivity contribution in [3.8, 4) is 50.6 Å². The van der Waals surface area contributed by atoms with Crippen LogP contribution in [0.3, 0.4) is 0 Å². The maximum atomic E-state index is 14.5. The molecule has 72 heavy (non-hydrogen) atoms. The molecule has 0 saturated carbocycles. The van der Waals surface area contributed by atoms with Crippen LogP contribution >= 0.6 is 0 Å². The molecule has 12 aromatic rings. The van der Waals surface area contributed by atoms with Crippen molar-refractivity contribution < 1.29 is 9.53 Å². The lowest BCUT2D eigenvalue weighted by atomic mass is 9.59. The number of anilines is 3. The Hall–Kier alpha value is -9.51. The van der Waals surface area contributed by atoms with Gasteiger partial charge < -0.3 is 14.2 Å². The zero-order chi connectivity index (χ0) is 47.8. The summed E-state index contributed by atoms with van der Waals surface area (Å²) in [5, 5.41) is 2.32. The summed E-state index contributed by atoms with van der Waals surface area (Å²) >= 11 is 0. The maximum absolute atomic E-state index is 14.5. The van der Waals surface area contributed by atoms with Crippen molar-refractivity contribution >= 4 is 44.7 Å². The minimum Gasteiger partial charge on any atom is -0.453 e. The molecule has 11 aromatic carbocycles. The van der Waals surface area contributed by atoms with Gasteiger partial charge in [0.1, 0.15) is 0 Å². The highest BCUT2D eigenvalue weighted by atomic mass is 16.5. The summed E-state index contributed by atoms with van der Waals surface area (Å²) in [7, 11) is 0. The Morgan fingerprint density at radius 3 is 1.58 bits per heavy atom. The second-order valence-electron chi connectivity index (χ2n) is 18.8. The highest BCUT2D eigenvalue weighted by Crippen LogP contribution is 2.53. The lowest BCUT2D eigenvalue weighted by molar-refractivity contribution is 0.103. The van der Waals surface area contributed by atoms with Gasteiger partial charge in [-0.15, -0.1) is 0 Å². The quantitative estimate of drug-likeness (QED) is 0.160. The number of carbonyl (C=O) groups is 1.